The second kappa shape index (κ2) is 13.2. The van der Waals surface area contributed by atoms with E-state index in [1.165, 1.54) is 17.4 Å². The van der Waals surface area contributed by atoms with Crippen molar-refractivity contribution in [2.24, 2.45) is 7.05 Å². The number of fused-ring (bicyclic) bond motifs is 6. The lowest BCUT2D eigenvalue weighted by Crippen LogP contribution is -2.44. The van der Waals surface area contributed by atoms with Gasteiger partial charge in [-0.3, -0.25) is 29.2 Å². The first-order valence-corrected chi connectivity index (χ1v) is 19.0. The van der Waals surface area contributed by atoms with Gasteiger partial charge >= 0.3 is 0 Å². The van der Waals surface area contributed by atoms with Crippen molar-refractivity contribution >= 4 is 78.2 Å². The predicted octanol–water partition coefficient (Wildman–Crippen LogP) is 5.61. The van der Waals surface area contributed by atoms with Gasteiger partial charge in [-0.2, -0.15) is 5.10 Å². The molecule has 14 heteroatoms. The largest absolute Gasteiger partial charge is 0.381 e. The van der Waals surface area contributed by atoms with Gasteiger partial charge in [0, 0.05) is 82.9 Å². The monoisotopic (exact) mass is 744 g/mol. The highest BCUT2D eigenvalue weighted by Crippen LogP contribution is 2.41. The summed E-state index contributed by atoms with van der Waals surface area (Å²) in [5.41, 5.74) is 5.10. The molecular formula is C40H37FN8O4S. The summed E-state index contributed by atoms with van der Waals surface area (Å²) in [6, 6.07) is 18.1. The van der Waals surface area contributed by atoms with Gasteiger partial charge in [-0.05, 0) is 86.8 Å². The zero-order chi connectivity index (χ0) is 37.2. The number of rotatable bonds is 5. The van der Waals surface area contributed by atoms with Gasteiger partial charge in [0.15, 0.2) is 0 Å². The number of nitrogens with zero attached hydrogens (tertiary/aromatic N) is 4. The average molecular weight is 745 g/mol. The Morgan fingerprint density at radius 3 is 2.59 bits per heavy atom. The van der Waals surface area contributed by atoms with Crippen molar-refractivity contribution in [3.8, 4) is 11.3 Å². The third kappa shape index (κ3) is 5.90. The van der Waals surface area contributed by atoms with Crippen molar-refractivity contribution in [1.29, 1.82) is 0 Å². The summed E-state index contributed by atoms with van der Waals surface area (Å²) >= 11 is 1.44. The first-order valence-electron chi connectivity index (χ1n) is 18.2. The Morgan fingerprint density at radius 2 is 1.80 bits per heavy atom. The summed E-state index contributed by atoms with van der Waals surface area (Å²) in [5.74, 6) is -1.97. The van der Waals surface area contributed by atoms with Gasteiger partial charge in [0.1, 0.15) is 10.7 Å². The maximum atomic E-state index is 15.6. The number of carbonyl (C=O) groups is 4. The third-order valence-electron chi connectivity index (χ3n) is 10.8. The highest BCUT2D eigenvalue weighted by molar-refractivity contribution is 7.21. The van der Waals surface area contributed by atoms with Crippen LogP contribution < -0.4 is 26.2 Å². The van der Waals surface area contributed by atoms with E-state index in [1.807, 2.05) is 44.3 Å². The van der Waals surface area contributed by atoms with E-state index in [2.05, 4.69) is 37.3 Å². The van der Waals surface area contributed by atoms with Crippen molar-refractivity contribution < 1.29 is 23.6 Å². The lowest BCUT2D eigenvalue weighted by atomic mass is 9.92. The number of anilines is 2. The van der Waals surface area contributed by atoms with Gasteiger partial charge in [0.2, 0.25) is 11.8 Å². The fourth-order valence-corrected chi connectivity index (χ4v) is 9.07. The first-order chi connectivity index (χ1) is 26.1. The summed E-state index contributed by atoms with van der Waals surface area (Å²) < 4.78 is 18.4. The van der Waals surface area contributed by atoms with E-state index in [-0.39, 0.29) is 41.3 Å². The van der Waals surface area contributed by atoms with Crippen molar-refractivity contribution in [2.75, 3.05) is 29.9 Å². The molecule has 3 aromatic carbocycles. The Kier molecular flexibility index (Phi) is 8.29. The van der Waals surface area contributed by atoms with Crippen LogP contribution in [0.25, 0.3) is 43.1 Å². The van der Waals surface area contributed by atoms with Crippen LogP contribution in [-0.2, 0) is 16.6 Å². The van der Waals surface area contributed by atoms with E-state index in [0.29, 0.717) is 46.7 Å². The number of pyridine rings is 1. The summed E-state index contributed by atoms with van der Waals surface area (Å²) in [6.07, 6.45) is 2.18. The molecule has 1 unspecified atom stereocenters. The van der Waals surface area contributed by atoms with Gasteiger partial charge in [-0.15, -0.1) is 11.3 Å². The number of aryl methyl sites for hydroxylation is 1. The molecule has 0 radical (unpaired) electrons. The maximum absolute atomic E-state index is 15.6. The number of carbonyl (C=O) groups excluding carboxylic acids is 4. The van der Waals surface area contributed by atoms with Gasteiger partial charge < -0.3 is 20.9 Å². The number of aromatic nitrogens is 3. The Bertz CT molecular complexity index is 2560. The molecule has 3 aromatic heterocycles. The van der Waals surface area contributed by atoms with Crippen LogP contribution in [0.2, 0.25) is 0 Å². The molecule has 6 heterocycles. The molecule has 3 aliphatic rings. The molecule has 0 aliphatic carbocycles. The molecule has 4 amide bonds. The number of imide groups is 1. The quantitative estimate of drug-likeness (QED) is 0.167. The lowest BCUT2D eigenvalue weighted by Gasteiger charge is -2.34. The molecule has 4 N–H and O–H groups in total. The number of benzene rings is 3. The zero-order valence-corrected chi connectivity index (χ0v) is 30.5. The summed E-state index contributed by atoms with van der Waals surface area (Å²) in [7, 11) is 1.85. The molecule has 12 nitrogen and oxygen atoms in total. The minimum atomic E-state index is -0.534. The Hall–Kier alpha value is -5.89. The van der Waals surface area contributed by atoms with Crippen molar-refractivity contribution in [1.82, 2.24) is 30.7 Å². The topological polar surface area (TPSA) is 150 Å². The van der Waals surface area contributed by atoms with E-state index in [4.69, 9.17) is 4.98 Å². The molecule has 0 saturated carbocycles. The number of thiophene rings is 1. The second-order valence-corrected chi connectivity index (χ2v) is 15.5. The van der Waals surface area contributed by atoms with Crippen LogP contribution in [0.1, 0.15) is 64.2 Å². The molecule has 6 aromatic rings. The SMILES string of the molecule is C[C@@H]1CNc2c(sc3ccc4nc(-c5ccc(C(=O)NC6CCN(c7ccc8c(C9CCC(=O)NC9=O)nn(C)c8c7)CC6)cc5F)ccc4c23)C(=O)N1. The van der Waals surface area contributed by atoms with Gasteiger partial charge in [0.25, 0.3) is 11.8 Å². The molecule has 9 rings (SSSR count). The lowest BCUT2D eigenvalue weighted by molar-refractivity contribution is -0.134. The molecule has 3 aliphatic heterocycles. The Labute approximate surface area is 313 Å². The summed E-state index contributed by atoms with van der Waals surface area (Å²) in [5, 5.41) is 19.3. The molecule has 274 valence electrons. The summed E-state index contributed by atoms with van der Waals surface area (Å²) in [4.78, 5) is 58.0. The van der Waals surface area contributed by atoms with E-state index < -0.39 is 11.7 Å². The van der Waals surface area contributed by atoms with E-state index in [1.54, 1.807) is 22.9 Å². The number of nitrogens with one attached hydrogen (secondary N) is 4. The molecule has 2 atom stereocenters. The highest BCUT2D eigenvalue weighted by Gasteiger charge is 2.32. The smallest absolute Gasteiger partial charge is 0.263 e. The summed E-state index contributed by atoms with van der Waals surface area (Å²) in [6.45, 7) is 4.01. The number of hydrogen-bond acceptors (Lipinski definition) is 9. The fraction of sp³-hybridized carbons (Fsp3) is 0.300. The van der Waals surface area contributed by atoms with Crippen LogP contribution in [0.15, 0.2) is 60.7 Å². The van der Waals surface area contributed by atoms with Gasteiger partial charge in [-0.25, -0.2) is 9.37 Å². The average Bonchev–Trinajstić information content (AvgIpc) is 3.66. The Balaban J connectivity index is 0.866. The number of amides is 4. The Morgan fingerprint density at radius 1 is 0.981 bits per heavy atom. The standard InChI is InChI=1S/C40H37FN8O4S/c1-20-19-42-36-34-25-7-9-29(45-30(25)10-11-32(34)54-37(36)40(53)43-20)24-5-3-21(17-28(24)41)38(51)44-22-13-15-49(16-14-22)23-4-6-26-31(18-23)48(2)47-35(26)27-8-12-33(50)46-39(27)52/h3-7,9-11,17-18,20,22,27,42H,8,12-16,19H2,1-2H3,(H,43,53)(H,44,51)(H,46,50,52)/t20-,27?/m1/s1. The minimum absolute atomic E-state index is 0.00120. The second-order valence-electron chi connectivity index (χ2n) is 14.4. The number of piperidine rings is 2. The van der Waals surface area contributed by atoms with Crippen LogP contribution in [0.4, 0.5) is 15.8 Å². The van der Waals surface area contributed by atoms with Crippen molar-refractivity contribution in [3.05, 3.63) is 82.6 Å². The van der Waals surface area contributed by atoms with Crippen LogP contribution in [0.3, 0.4) is 0 Å². The van der Waals surface area contributed by atoms with Crippen LogP contribution in [0.5, 0.6) is 0 Å². The van der Waals surface area contributed by atoms with E-state index in [9.17, 15) is 19.2 Å². The number of hydrogen-bond donors (Lipinski definition) is 4. The van der Waals surface area contributed by atoms with Crippen LogP contribution in [-0.4, -0.2) is 70.1 Å². The number of halogens is 1. The normalized spacial score (nSPS) is 19.4. The minimum Gasteiger partial charge on any atom is -0.381 e. The molecule has 54 heavy (non-hydrogen) atoms. The predicted molar refractivity (Wildman–Crippen MR) is 206 cm³/mol. The molecule has 0 spiro atoms. The molecule has 2 fully saturated rings. The zero-order valence-electron chi connectivity index (χ0n) is 29.7. The third-order valence-corrected chi connectivity index (χ3v) is 12.0. The van der Waals surface area contributed by atoms with E-state index in [0.717, 1.165) is 63.7 Å². The molecule has 2 saturated heterocycles. The van der Waals surface area contributed by atoms with E-state index >= 15 is 4.39 Å². The van der Waals surface area contributed by atoms with Gasteiger partial charge in [-0.1, -0.05) is 0 Å². The van der Waals surface area contributed by atoms with Gasteiger partial charge in [0.05, 0.1) is 34.0 Å². The molecule has 0 bridgehead atoms. The molecular weight excluding hydrogens is 708 g/mol. The van der Waals surface area contributed by atoms with Crippen molar-refractivity contribution in [3.63, 3.8) is 0 Å². The fourth-order valence-electron chi connectivity index (χ4n) is 7.97. The van der Waals surface area contributed by atoms with Crippen molar-refractivity contribution in [2.45, 2.75) is 50.6 Å². The van der Waals surface area contributed by atoms with Crippen LogP contribution >= 0.6 is 11.3 Å². The van der Waals surface area contributed by atoms with Crippen LogP contribution in [0, 0.1) is 5.82 Å². The first kappa shape index (κ1) is 33.9. The highest BCUT2D eigenvalue weighted by atomic mass is 32.1. The maximum Gasteiger partial charge on any atom is 0.263 e.